The van der Waals surface area contributed by atoms with Gasteiger partial charge in [0.2, 0.25) is 5.75 Å². The van der Waals surface area contributed by atoms with Gasteiger partial charge in [-0.05, 0) is 42.5 Å². The molecule has 0 amide bonds. The Labute approximate surface area is 167 Å². The second kappa shape index (κ2) is 9.48. The number of nitrogen functional groups attached to an aromatic ring is 1. The van der Waals surface area contributed by atoms with Crippen molar-refractivity contribution in [3.63, 3.8) is 0 Å². The van der Waals surface area contributed by atoms with Crippen molar-refractivity contribution in [2.75, 3.05) is 27.1 Å². The van der Waals surface area contributed by atoms with E-state index in [-0.39, 0.29) is 11.3 Å². The minimum Gasteiger partial charge on any atom is -0.493 e. The highest BCUT2D eigenvalue weighted by Gasteiger charge is 2.30. The zero-order valence-corrected chi connectivity index (χ0v) is 16.0. The van der Waals surface area contributed by atoms with Crippen LogP contribution in [-0.2, 0) is 6.18 Å². The highest BCUT2D eigenvalue weighted by atomic mass is 19.4. The maximum atomic E-state index is 12.8. The number of anilines is 1. The molecular formula is C22H18F3NO3. The predicted octanol–water partition coefficient (Wildman–Crippen LogP) is 4.27. The van der Waals surface area contributed by atoms with Crippen molar-refractivity contribution in [3.8, 4) is 40.9 Å². The molecule has 2 aromatic carbocycles. The van der Waals surface area contributed by atoms with E-state index in [2.05, 4.69) is 23.7 Å². The number of nitrogens with two attached hydrogens (primary N) is 1. The third-order valence-electron chi connectivity index (χ3n) is 3.72. The lowest BCUT2D eigenvalue weighted by Gasteiger charge is -2.12. The van der Waals surface area contributed by atoms with Crippen LogP contribution in [0, 0.1) is 23.7 Å². The molecule has 7 heteroatoms. The van der Waals surface area contributed by atoms with Gasteiger partial charge in [-0.25, -0.2) is 0 Å². The first-order chi connectivity index (χ1) is 13.8. The number of hydrogen-bond donors (Lipinski definition) is 1. The lowest BCUT2D eigenvalue weighted by atomic mass is 10.1. The van der Waals surface area contributed by atoms with Gasteiger partial charge in [-0.3, -0.25) is 0 Å². The third kappa shape index (κ3) is 5.63. The fourth-order valence-electron chi connectivity index (χ4n) is 2.32. The van der Waals surface area contributed by atoms with Gasteiger partial charge in [-0.2, -0.15) is 13.2 Å². The van der Waals surface area contributed by atoms with E-state index in [4.69, 9.17) is 19.9 Å². The summed E-state index contributed by atoms with van der Waals surface area (Å²) in [5.74, 6) is 12.3. The van der Waals surface area contributed by atoms with Gasteiger partial charge in [0.25, 0.3) is 0 Å². The molecule has 0 atom stereocenters. The van der Waals surface area contributed by atoms with E-state index in [1.165, 1.54) is 39.5 Å². The molecule has 0 saturated carbocycles. The quantitative estimate of drug-likeness (QED) is 0.617. The molecule has 0 aliphatic rings. The topological polar surface area (TPSA) is 53.7 Å². The molecule has 0 unspecified atom stereocenters. The van der Waals surface area contributed by atoms with Crippen molar-refractivity contribution >= 4 is 5.69 Å². The Morgan fingerprint density at radius 1 is 0.862 bits per heavy atom. The number of ether oxygens (including phenoxy) is 3. The monoisotopic (exact) mass is 401 g/mol. The van der Waals surface area contributed by atoms with Gasteiger partial charge < -0.3 is 19.9 Å². The van der Waals surface area contributed by atoms with Crippen LogP contribution in [0.3, 0.4) is 0 Å². The number of methoxy groups -OCH3 is 3. The van der Waals surface area contributed by atoms with E-state index in [9.17, 15) is 13.2 Å². The van der Waals surface area contributed by atoms with E-state index in [1.807, 2.05) is 0 Å². The van der Waals surface area contributed by atoms with Gasteiger partial charge in [0, 0.05) is 16.8 Å². The van der Waals surface area contributed by atoms with Gasteiger partial charge in [-0.15, -0.1) is 0 Å². The van der Waals surface area contributed by atoms with Gasteiger partial charge >= 0.3 is 6.18 Å². The Balaban J connectivity index is 2.19. The van der Waals surface area contributed by atoms with Gasteiger partial charge in [-0.1, -0.05) is 23.7 Å². The van der Waals surface area contributed by atoms with Crippen molar-refractivity contribution in [1.82, 2.24) is 0 Å². The van der Waals surface area contributed by atoms with Crippen molar-refractivity contribution in [2.45, 2.75) is 6.18 Å². The Morgan fingerprint density at radius 2 is 1.45 bits per heavy atom. The highest BCUT2D eigenvalue weighted by molar-refractivity contribution is 5.59. The van der Waals surface area contributed by atoms with Crippen molar-refractivity contribution in [3.05, 3.63) is 59.2 Å². The lowest BCUT2D eigenvalue weighted by molar-refractivity contribution is -0.137. The Morgan fingerprint density at radius 3 is 1.97 bits per heavy atom. The highest BCUT2D eigenvalue weighted by Crippen LogP contribution is 2.37. The average molecular weight is 401 g/mol. The molecule has 0 heterocycles. The van der Waals surface area contributed by atoms with Gasteiger partial charge in [0.1, 0.15) is 0 Å². The van der Waals surface area contributed by atoms with Crippen LogP contribution in [0.4, 0.5) is 18.9 Å². The largest absolute Gasteiger partial charge is 0.493 e. The molecule has 0 spiro atoms. The molecule has 2 N–H and O–H groups in total. The molecule has 0 bridgehead atoms. The molecule has 2 rings (SSSR count). The summed E-state index contributed by atoms with van der Waals surface area (Å²) in [6.45, 7) is 0. The number of benzene rings is 2. The van der Waals surface area contributed by atoms with Crippen LogP contribution in [0.1, 0.15) is 16.7 Å². The number of rotatable bonds is 3. The van der Waals surface area contributed by atoms with Crippen LogP contribution < -0.4 is 19.9 Å². The summed E-state index contributed by atoms with van der Waals surface area (Å²) < 4.78 is 54.0. The second-order valence-corrected chi connectivity index (χ2v) is 5.59. The molecule has 2 aromatic rings. The van der Waals surface area contributed by atoms with Crippen molar-refractivity contribution < 1.29 is 27.4 Å². The molecule has 0 aliphatic heterocycles. The summed E-state index contributed by atoms with van der Waals surface area (Å²) >= 11 is 0. The molecular weight excluding hydrogens is 383 g/mol. The summed E-state index contributed by atoms with van der Waals surface area (Å²) in [6, 6.07) is 6.40. The summed E-state index contributed by atoms with van der Waals surface area (Å²) in [7, 11) is 4.51. The SMILES string of the molecule is COc1cc(C#C/C=C\C#Cc2cc(C(F)(F)F)ccc2N)cc(OC)c1OC. The van der Waals surface area contributed by atoms with E-state index in [0.717, 1.165) is 12.1 Å². The number of hydrogen-bond acceptors (Lipinski definition) is 4. The number of halogens is 3. The maximum Gasteiger partial charge on any atom is 0.416 e. The smallest absolute Gasteiger partial charge is 0.416 e. The zero-order valence-electron chi connectivity index (χ0n) is 16.0. The fourth-order valence-corrected chi connectivity index (χ4v) is 2.32. The van der Waals surface area contributed by atoms with Crippen molar-refractivity contribution in [2.24, 2.45) is 0 Å². The van der Waals surface area contributed by atoms with Crippen LogP contribution in [0.2, 0.25) is 0 Å². The normalized spacial score (nSPS) is 10.6. The molecule has 0 saturated heterocycles. The van der Waals surface area contributed by atoms with Crippen molar-refractivity contribution in [1.29, 1.82) is 0 Å². The first-order valence-electron chi connectivity index (χ1n) is 8.25. The summed E-state index contributed by atoms with van der Waals surface area (Å²) in [5.41, 5.74) is 5.76. The summed E-state index contributed by atoms with van der Waals surface area (Å²) in [6.07, 6.45) is -1.56. The standard InChI is InChI=1S/C22H18F3NO3/c1-27-19-12-15(13-20(28-2)21(19)29-3)8-6-4-5-7-9-16-14-17(22(23,24)25)10-11-18(16)26/h4-5,10-14H,26H2,1-3H3/b5-4-. The van der Waals surface area contributed by atoms with E-state index < -0.39 is 11.7 Å². The van der Waals surface area contributed by atoms with Crippen LogP contribution in [0.15, 0.2) is 42.5 Å². The maximum absolute atomic E-state index is 12.8. The molecule has 29 heavy (non-hydrogen) atoms. The van der Waals surface area contributed by atoms with Crippen LogP contribution >= 0.6 is 0 Å². The Hall–Kier alpha value is -3.71. The average Bonchev–Trinajstić information content (AvgIpc) is 2.69. The molecule has 0 aromatic heterocycles. The van der Waals surface area contributed by atoms with E-state index in [0.29, 0.717) is 22.8 Å². The predicted molar refractivity (Wildman–Crippen MR) is 105 cm³/mol. The lowest BCUT2D eigenvalue weighted by Crippen LogP contribution is -2.05. The molecule has 150 valence electrons. The Bertz CT molecular complexity index is 1010. The van der Waals surface area contributed by atoms with Crippen LogP contribution in [0.25, 0.3) is 0 Å². The molecule has 0 fully saturated rings. The Kier molecular flexibility index (Phi) is 7.05. The fraction of sp³-hybridized carbons (Fsp3) is 0.182. The van der Waals surface area contributed by atoms with E-state index >= 15 is 0 Å². The first kappa shape index (κ1) is 21.6. The summed E-state index contributed by atoms with van der Waals surface area (Å²) in [4.78, 5) is 0. The molecule has 0 aliphatic carbocycles. The van der Waals surface area contributed by atoms with Crippen LogP contribution in [0.5, 0.6) is 17.2 Å². The summed E-state index contributed by atoms with van der Waals surface area (Å²) in [5, 5.41) is 0. The number of allylic oxidation sites excluding steroid dienone is 2. The van der Waals surface area contributed by atoms with Crippen LogP contribution in [-0.4, -0.2) is 21.3 Å². The molecule has 4 nitrogen and oxygen atoms in total. The van der Waals surface area contributed by atoms with E-state index in [1.54, 1.807) is 12.1 Å². The first-order valence-corrected chi connectivity index (χ1v) is 8.25. The minimum atomic E-state index is -4.45. The number of alkyl halides is 3. The molecule has 0 radical (unpaired) electrons. The zero-order chi connectivity index (χ0) is 21.4. The van der Waals surface area contributed by atoms with Gasteiger partial charge in [0.15, 0.2) is 11.5 Å². The minimum absolute atomic E-state index is 0.0991. The third-order valence-corrected chi connectivity index (χ3v) is 3.72. The van der Waals surface area contributed by atoms with Gasteiger partial charge in [0.05, 0.1) is 26.9 Å². The second-order valence-electron chi connectivity index (χ2n) is 5.59.